The SMILES string of the molecule is CCCn1nc(-c2ccc(C(C)C)cc2)nc1-c1cnc2n1CCOC2. The molecule has 0 fully saturated rings. The molecule has 3 aromatic rings. The van der Waals surface area contributed by atoms with Crippen LogP contribution in [0, 0.1) is 0 Å². The Morgan fingerprint density at radius 3 is 2.73 bits per heavy atom. The van der Waals surface area contributed by atoms with Gasteiger partial charge in [-0.05, 0) is 17.9 Å². The van der Waals surface area contributed by atoms with E-state index in [4.69, 9.17) is 14.8 Å². The van der Waals surface area contributed by atoms with Crippen molar-refractivity contribution in [3.05, 3.63) is 41.9 Å². The number of imidazole rings is 1. The molecule has 0 amide bonds. The van der Waals surface area contributed by atoms with Gasteiger partial charge in [0.25, 0.3) is 0 Å². The largest absolute Gasteiger partial charge is 0.372 e. The van der Waals surface area contributed by atoms with E-state index in [0.717, 1.165) is 48.2 Å². The Hall–Kier alpha value is -2.47. The average molecular weight is 351 g/mol. The van der Waals surface area contributed by atoms with Crippen molar-refractivity contribution in [3.63, 3.8) is 0 Å². The van der Waals surface area contributed by atoms with E-state index in [0.29, 0.717) is 19.1 Å². The summed E-state index contributed by atoms with van der Waals surface area (Å²) in [7, 11) is 0. The van der Waals surface area contributed by atoms with Crippen LogP contribution >= 0.6 is 0 Å². The second kappa shape index (κ2) is 7.03. The van der Waals surface area contributed by atoms with Crippen LogP contribution < -0.4 is 0 Å². The Bertz CT molecular complexity index is 892. The second-order valence-corrected chi connectivity index (χ2v) is 7.02. The van der Waals surface area contributed by atoms with Gasteiger partial charge >= 0.3 is 0 Å². The second-order valence-electron chi connectivity index (χ2n) is 7.02. The van der Waals surface area contributed by atoms with Crippen molar-refractivity contribution in [2.24, 2.45) is 0 Å². The lowest BCUT2D eigenvalue weighted by molar-refractivity contribution is 0.0821. The molecule has 1 aliphatic heterocycles. The van der Waals surface area contributed by atoms with Crippen molar-refractivity contribution < 1.29 is 4.74 Å². The molecule has 6 nitrogen and oxygen atoms in total. The molecular formula is C20H25N5O. The van der Waals surface area contributed by atoms with Crippen LogP contribution in [0.2, 0.25) is 0 Å². The van der Waals surface area contributed by atoms with Gasteiger partial charge in [0, 0.05) is 18.7 Å². The fourth-order valence-corrected chi connectivity index (χ4v) is 3.32. The van der Waals surface area contributed by atoms with E-state index < -0.39 is 0 Å². The van der Waals surface area contributed by atoms with Crippen molar-refractivity contribution in [1.82, 2.24) is 24.3 Å². The zero-order chi connectivity index (χ0) is 18.1. The third kappa shape index (κ3) is 3.05. The lowest BCUT2D eigenvalue weighted by atomic mass is 10.0. The van der Waals surface area contributed by atoms with Gasteiger partial charge in [-0.1, -0.05) is 45.0 Å². The predicted octanol–water partition coefficient (Wildman–Crippen LogP) is 3.87. The Balaban J connectivity index is 1.75. The molecule has 0 radical (unpaired) electrons. The molecule has 1 aliphatic rings. The highest BCUT2D eigenvalue weighted by atomic mass is 16.5. The summed E-state index contributed by atoms with van der Waals surface area (Å²) in [6.07, 6.45) is 2.90. The van der Waals surface area contributed by atoms with Crippen molar-refractivity contribution in [2.45, 2.75) is 52.8 Å². The summed E-state index contributed by atoms with van der Waals surface area (Å²) < 4.78 is 9.71. The number of nitrogens with zero attached hydrogens (tertiary/aromatic N) is 5. The molecule has 6 heteroatoms. The lowest BCUT2D eigenvalue weighted by Gasteiger charge is -2.16. The molecule has 0 spiro atoms. The number of rotatable bonds is 5. The number of aromatic nitrogens is 5. The molecule has 0 N–H and O–H groups in total. The summed E-state index contributed by atoms with van der Waals surface area (Å²) in [6, 6.07) is 8.56. The fraction of sp³-hybridized carbons (Fsp3) is 0.450. The highest BCUT2D eigenvalue weighted by molar-refractivity contribution is 5.60. The van der Waals surface area contributed by atoms with E-state index in [1.54, 1.807) is 0 Å². The summed E-state index contributed by atoms with van der Waals surface area (Å²) in [5.74, 6) is 3.13. The molecule has 4 rings (SSSR count). The zero-order valence-electron chi connectivity index (χ0n) is 15.6. The molecule has 0 atom stereocenters. The minimum Gasteiger partial charge on any atom is -0.372 e. The third-order valence-corrected chi connectivity index (χ3v) is 4.80. The van der Waals surface area contributed by atoms with Crippen LogP contribution in [-0.4, -0.2) is 30.9 Å². The number of ether oxygens (including phenoxy) is 1. The van der Waals surface area contributed by atoms with Crippen LogP contribution in [0.15, 0.2) is 30.5 Å². The maximum absolute atomic E-state index is 5.50. The van der Waals surface area contributed by atoms with Gasteiger partial charge < -0.3 is 9.30 Å². The minimum absolute atomic E-state index is 0.519. The zero-order valence-corrected chi connectivity index (χ0v) is 15.6. The summed E-state index contributed by atoms with van der Waals surface area (Å²) in [5.41, 5.74) is 3.40. The molecule has 0 saturated heterocycles. The number of hydrogen-bond donors (Lipinski definition) is 0. The summed E-state index contributed by atoms with van der Waals surface area (Å²) in [5, 5.41) is 4.78. The van der Waals surface area contributed by atoms with Crippen LogP contribution in [0.4, 0.5) is 0 Å². The monoisotopic (exact) mass is 351 g/mol. The van der Waals surface area contributed by atoms with E-state index in [1.807, 2.05) is 10.9 Å². The van der Waals surface area contributed by atoms with Crippen LogP contribution in [0.25, 0.3) is 22.9 Å². The molecule has 0 unspecified atom stereocenters. The van der Waals surface area contributed by atoms with Gasteiger partial charge in [0.2, 0.25) is 0 Å². The van der Waals surface area contributed by atoms with Crippen molar-refractivity contribution in [1.29, 1.82) is 0 Å². The van der Waals surface area contributed by atoms with E-state index in [1.165, 1.54) is 5.56 Å². The van der Waals surface area contributed by atoms with Crippen molar-refractivity contribution >= 4 is 0 Å². The summed E-state index contributed by atoms with van der Waals surface area (Å²) >= 11 is 0. The summed E-state index contributed by atoms with van der Waals surface area (Å²) in [4.78, 5) is 9.38. The van der Waals surface area contributed by atoms with E-state index in [-0.39, 0.29) is 0 Å². The smallest absolute Gasteiger partial charge is 0.181 e. The minimum atomic E-state index is 0.519. The Labute approximate surface area is 153 Å². The number of fused-ring (bicyclic) bond motifs is 1. The highest BCUT2D eigenvalue weighted by Gasteiger charge is 2.21. The lowest BCUT2D eigenvalue weighted by Crippen LogP contribution is -2.18. The quantitative estimate of drug-likeness (QED) is 0.700. The van der Waals surface area contributed by atoms with Gasteiger partial charge in [-0.15, -0.1) is 0 Å². The Kier molecular flexibility index (Phi) is 4.59. The standard InChI is InChI=1S/C20H25N5O/c1-4-9-25-20(17-12-21-18-13-26-11-10-24(17)18)22-19(23-25)16-7-5-15(6-8-16)14(2)3/h5-8,12,14H,4,9-11,13H2,1-3H3. The third-order valence-electron chi connectivity index (χ3n) is 4.80. The van der Waals surface area contributed by atoms with Gasteiger partial charge in [0.1, 0.15) is 18.1 Å². The average Bonchev–Trinajstić information content (AvgIpc) is 3.26. The van der Waals surface area contributed by atoms with E-state index in [2.05, 4.69) is 54.6 Å². The number of hydrogen-bond acceptors (Lipinski definition) is 4. The van der Waals surface area contributed by atoms with Gasteiger partial charge in [0.05, 0.1) is 12.8 Å². The first-order valence-corrected chi connectivity index (χ1v) is 9.35. The molecule has 2 aromatic heterocycles. The van der Waals surface area contributed by atoms with Gasteiger partial charge in [0.15, 0.2) is 11.6 Å². The Morgan fingerprint density at radius 1 is 1.19 bits per heavy atom. The molecule has 0 bridgehead atoms. The van der Waals surface area contributed by atoms with E-state index >= 15 is 0 Å². The van der Waals surface area contributed by atoms with Gasteiger partial charge in [-0.3, -0.25) is 0 Å². The normalized spacial score (nSPS) is 14.0. The van der Waals surface area contributed by atoms with Crippen LogP contribution in [0.1, 0.15) is 44.5 Å². The van der Waals surface area contributed by atoms with Crippen molar-refractivity contribution in [2.75, 3.05) is 6.61 Å². The first-order valence-electron chi connectivity index (χ1n) is 9.35. The van der Waals surface area contributed by atoms with Crippen LogP contribution in [0.5, 0.6) is 0 Å². The van der Waals surface area contributed by atoms with Gasteiger partial charge in [-0.2, -0.15) is 5.10 Å². The molecule has 3 heterocycles. The number of benzene rings is 1. The number of aryl methyl sites for hydroxylation is 1. The van der Waals surface area contributed by atoms with Crippen molar-refractivity contribution in [3.8, 4) is 22.9 Å². The molecule has 0 saturated carbocycles. The Morgan fingerprint density at radius 2 is 2.00 bits per heavy atom. The molecular weight excluding hydrogens is 326 g/mol. The maximum Gasteiger partial charge on any atom is 0.181 e. The first kappa shape index (κ1) is 17.0. The molecule has 1 aromatic carbocycles. The predicted molar refractivity (Wildman–Crippen MR) is 101 cm³/mol. The maximum atomic E-state index is 5.50. The fourth-order valence-electron chi connectivity index (χ4n) is 3.32. The highest BCUT2D eigenvalue weighted by Crippen LogP contribution is 2.26. The van der Waals surface area contributed by atoms with Gasteiger partial charge in [-0.25, -0.2) is 14.6 Å². The van der Waals surface area contributed by atoms with Crippen LogP contribution in [-0.2, 0) is 24.4 Å². The first-order chi connectivity index (χ1) is 12.7. The topological polar surface area (TPSA) is 57.8 Å². The molecule has 26 heavy (non-hydrogen) atoms. The summed E-state index contributed by atoms with van der Waals surface area (Å²) in [6.45, 7) is 9.47. The van der Waals surface area contributed by atoms with E-state index in [9.17, 15) is 0 Å². The molecule has 0 aliphatic carbocycles. The van der Waals surface area contributed by atoms with Crippen LogP contribution in [0.3, 0.4) is 0 Å². The molecule has 136 valence electrons.